The maximum Gasteiger partial charge on any atom is 0.220 e. The van der Waals surface area contributed by atoms with E-state index in [1.54, 1.807) is 0 Å². The van der Waals surface area contributed by atoms with Crippen LogP contribution in [0.25, 0.3) is 0 Å². The van der Waals surface area contributed by atoms with Gasteiger partial charge in [0.2, 0.25) is 5.91 Å². The van der Waals surface area contributed by atoms with E-state index in [0.29, 0.717) is 13.0 Å². The SMILES string of the molecule is CC(N)CCC(=O)NCc1ccc(CN2CCCCC2)cc1.Cl.Cl. The molecule has 0 radical (unpaired) electrons. The second-order valence-corrected chi connectivity index (χ2v) is 6.45. The molecule has 6 heteroatoms. The Hall–Kier alpha value is -0.810. The molecular weight excluding hydrogens is 345 g/mol. The fraction of sp³-hybridized carbons (Fsp3) is 0.611. The molecule has 0 aliphatic carbocycles. The van der Waals surface area contributed by atoms with E-state index in [1.807, 2.05) is 6.92 Å². The van der Waals surface area contributed by atoms with Crippen LogP contribution in [0.1, 0.15) is 50.2 Å². The number of nitrogens with zero attached hydrogens (tertiary/aromatic N) is 1. The van der Waals surface area contributed by atoms with Gasteiger partial charge in [0.25, 0.3) is 0 Å². The van der Waals surface area contributed by atoms with Gasteiger partial charge >= 0.3 is 0 Å². The molecule has 1 aliphatic heterocycles. The van der Waals surface area contributed by atoms with Crippen molar-refractivity contribution < 1.29 is 4.79 Å². The number of piperidine rings is 1. The topological polar surface area (TPSA) is 58.4 Å². The Kier molecular flexibility index (Phi) is 12.1. The summed E-state index contributed by atoms with van der Waals surface area (Å²) in [7, 11) is 0. The Bertz CT molecular complexity index is 460. The molecule has 1 saturated heterocycles. The van der Waals surface area contributed by atoms with Crippen LogP contribution in [-0.4, -0.2) is 29.9 Å². The van der Waals surface area contributed by atoms with E-state index in [-0.39, 0.29) is 36.8 Å². The predicted molar refractivity (Wildman–Crippen MR) is 105 cm³/mol. The fourth-order valence-corrected chi connectivity index (χ4v) is 2.79. The number of amides is 1. The van der Waals surface area contributed by atoms with Gasteiger partial charge in [-0.2, -0.15) is 0 Å². The van der Waals surface area contributed by atoms with Crippen LogP contribution in [-0.2, 0) is 17.9 Å². The van der Waals surface area contributed by atoms with Crippen LogP contribution in [0.4, 0.5) is 0 Å². The standard InChI is InChI=1S/C18H29N3O.2ClH/c1-15(19)5-10-18(22)20-13-16-6-8-17(9-7-16)14-21-11-3-2-4-12-21;;/h6-9,15H,2-5,10-14,19H2,1H3,(H,20,22);2*1H. The monoisotopic (exact) mass is 375 g/mol. The van der Waals surface area contributed by atoms with E-state index in [1.165, 1.54) is 37.9 Å². The minimum absolute atomic E-state index is 0. The molecular formula is C18H31Cl2N3O. The second-order valence-electron chi connectivity index (χ2n) is 6.45. The van der Waals surface area contributed by atoms with Crippen molar-refractivity contribution in [3.05, 3.63) is 35.4 Å². The van der Waals surface area contributed by atoms with Crippen molar-refractivity contribution in [3.63, 3.8) is 0 Å². The lowest BCUT2D eigenvalue weighted by Gasteiger charge is -2.26. The van der Waals surface area contributed by atoms with Gasteiger partial charge in [0.05, 0.1) is 0 Å². The highest BCUT2D eigenvalue weighted by atomic mass is 35.5. The number of hydrogen-bond acceptors (Lipinski definition) is 3. The normalized spacial score (nSPS) is 15.8. The van der Waals surface area contributed by atoms with Crippen LogP contribution in [0.2, 0.25) is 0 Å². The number of nitrogens with two attached hydrogens (primary N) is 1. The lowest BCUT2D eigenvalue weighted by atomic mass is 10.1. The third-order valence-electron chi connectivity index (χ3n) is 4.19. The highest BCUT2D eigenvalue weighted by molar-refractivity contribution is 5.85. The molecule has 4 nitrogen and oxygen atoms in total. The van der Waals surface area contributed by atoms with Gasteiger partial charge in [0, 0.05) is 25.6 Å². The number of benzene rings is 1. The first-order valence-electron chi connectivity index (χ1n) is 8.46. The Morgan fingerprint density at radius 1 is 1.12 bits per heavy atom. The maximum absolute atomic E-state index is 11.7. The zero-order chi connectivity index (χ0) is 15.8. The number of carbonyl (C=O) groups is 1. The van der Waals surface area contributed by atoms with Crippen LogP contribution < -0.4 is 11.1 Å². The maximum atomic E-state index is 11.7. The molecule has 1 atom stereocenters. The van der Waals surface area contributed by atoms with Gasteiger partial charge in [-0.1, -0.05) is 30.7 Å². The van der Waals surface area contributed by atoms with Crippen molar-refractivity contribution in [1.29, 1.82) is 0 Å². The molecule has 3 N–H and O–H groups in total. The number of hydrogen-bond donors (Lipinski definition) is 2. The van der Waals surface area contributed by atoms with Crippen molar-refractivity contribution in [2.75, 3.05) is 13.1 Å². The molecule has 1 aliphatic rings. The molecule has 1 heterocycles. The Balaban J connectivity index is 0.00000264. The van der Waals surface area contributed by atoms with Gasteiger partial charge in [-0.05, 0) is 50.4 Å². The van der Waals surface area contributed by atoms with Gasteiger partial charge in [0.15, 0.2) is 0 Å². The number of likely N-dealkylation sites (tertiary alicyclic amines) is 1. The summed E-state index contributed by atoms with van der Waals surface area (Å²) in [4.78, 5) is 14.2. The highest BCUT2D eigenvalue weighted by Gasteiger charge is 2.10. The van der Waals surface area contributed by atoms with Crippen molar-refractivity contribution in [3.8, 4) is 0 Å². The van der Waals surface area contributed by atoms with Crippen molar-refractivity contribution >= 4 is 30.7 Å². The summed E-state index contributed by atoms with van der Waals surface area (Å²) in [6, 6.07) is 8.67. The van der Waals surface area contributed by atoms with Gasteiger partial charge in [-0.15, -0.1) is 24.8 Å². The van der Waals surface area contributed by atoms with Crippen molar-refractivity contribution in [2.45, 2.75) is 58.2 Å². The highest BCUT2D eigenvalue weighted by Crippen LogP contribution is 2.13. The summed E-state index contributed by atoms with van der Waals surface area (Å²) < 4.78 is 0. The molecule has 24 heavy (non-hydrogen) atoms. The molecule has 1 unspecified atom stereocenters. The molecule has 0 spiro atoms. The van der Waals surface area contributed by atoms with Gasteiger partial charge in [-0.25, -0.2) is 0 Å². The molecule has 1 amide bonds. The molecule has 2 rings (SSSR count). The van der Waals surface area contributed by atoms with Crippen LogP contribution >= 0.6 is 24.8 Å². The molecule has 1 fully saturated rings. The molecule has 0 aromatic heterocycles. The van der Waals surface area contributed by atoms with Crippen LogP contribution in [0, 0.1) is 0 Å². The number of rotatable bonds is 7. The molecule has 1 aromatic carbocycles. The largest absolute Gasteiger partial charge is 0.352 e. The third-order valence-corrected chi connectivity index (χ3v) is 4.19. The Labute approximate surface area is 158 Å². The van der Waals surface area contributed by atoms with E-state index in [4.69, 9.17) is 5.73 Å². The van der Waals surface area contributed by atoms with E-state index in [2.05, 4.69) is 34.5 Å². The smallest absolute Gasteiger partial charge is 0.220 e. The summed E-state index contributed by atoms with van der Waals surface area (Å²) in [5.41, 5.74) is 8.16. The first kappa shape index (κ1) is 23.2. The third kappa shape index (κ3) is 8.88. The fourth-order valence-electron chi connectivity index (χ4n) is 2.79. The lowest BCUT2D eigenvalue weighted by Crippen LogP contribution is -2.29. The van der Waals surface area contributed by atoms with E-state index >= 15 is 0 Å². The number of carbonyl (C=O) groups excluding carboxylic acids is 1. The van der Waals surface area contributed by atoms with Gasteiger partial charge in [0.1, 0.15) is 0 Å². The minimum Gasteiger partial charge on any atom is -0.352 e. The summed E-state index contributed by atoms with van der Waals surface area (Å²) in [5, 5.41) is 2.95. The quantitative estimate of drug-likeness (QED) is 0.768. The summed E-state index contributed by atoms with van der Waals surface area (Å²) in [6.07, 6.45) is 5.26. The second kappa shape index (κ2) is 12.5. The Morgan fingerprint density at radius 3 is 2.29 bits per heavy atom. The first-order valence-corrected chi connectivity index (χ1v) is 8.46. The summed E-state index contributed by atoms with van der Waals surface area (Å²) >= 11 is 0. The lowest BCUT2D eigenvalue weighted by molar-refractivity contribution is -0.121. The average molecular weight is 376 g/mol. The number of halogens is 2. The molecule has 1 aromatic rings. The van der Waals surface area contributed by atoms with E-state index in [0.717, 1.165) is 18.5 Å². The van der Waals surface area contributed by atoms with E-state index < -0.39 is 0 Å². The van der Waals surface area contributed by atoms with Gasteiger partial charge < -0.3 is 11.1 Å². The zero-order valence-electron chi connectivity index (χ0n) is 14.5. The van der Waals surface area contributed by atoms with Gasteiger partial charge in [-0.3, -0.25) is 9.69 Å². The van der Waals surface area contributed by atoms with Crippen molar-refractivity contribution in [2.24, 2.45) is 5.73 Å². The minimum atomic E-state index is 0. The molecule has 0 saturated carbocycles. The molecule has 138 valence electrons. The Morgan fingerprint density at radius 2 is 1.71 bits per heavy atom. The molecule has 0 bridgehead atoms. The van der Waals surface area contributed by atoms with Crippen LogP contribution in [0.5, 0.6) is 0 Å². The average Bonchev–Trinajstić information content (AvgIpc) is 2.53. The predicted octanol–water partition coefficient (Wildman–Crippen LogP) is 3.26. The summed E-state index contributed by atoms with van der Waals surface area (Å²) in [5.74, 6) is 0.0784. The van der Waals surface area contributed by atoms with Crippen molar-refractivity contribution in [1.82, 2.24) is 10.2 Å². The zero-order valence-corrected chi connectivity index (χ0v) is 16.1. The first-order chi connectivity index (χ1) is 10.6. The number of nitrogens with one attached hydrogen (secondary N) is 1. The van der Waals surface area contributed by atoms with Crippen LogP contribution in [0.15, 0.2) is 24.3 Å². The summed E-state index contributed by atoms with van der Waals surface area (Å²) in [6.45, 7) is 6.01. The van der Waals surface area contributed by atoms with Crippen LogP contribution in [0.3, 0.4) is 0 Å². The van der Waals surface area contributed by atoms with E-state index in [9.17, 15) is 4.79 Å².